The Balaban J connectivity index is 2.48. The van der Waals surface area contributed by atoms with Gasteiger partial charge >= 0.3 is 5.97 Å². The number of rotatable bonds is 3. The Bertz CT molecular complexity index is 491. The predicted molar refractivity (Wildman–Crippen MR) is 71.5 cm³/mol. The molecule has 1 saturated heterocycles. The van der Waals surface area contributed by atoms with Crippen LogP contribution in [0.4, 0.5) is 4.39 Å². The average Bonchev–Trinajstić information content (AvgIpc) is 2.41. The van der Waals surface area contributed by atoms with Crippen LogP contribution in [-0.4, -0.2) is 42.3 Å². The molecule has 1 atom stereocenters. The van der Waals surface area contributed by atoms with Crippen molar-refractivity contribution in [3.8, 4) is 0 Å². The lowest BCUT2D eigenvalue weighted by Crippen LogP contribution is -2.54. The highest BCUT2D eigenvalue weighted by Crippen LogP contribution is 2.33. The number of ether oxygens (including phenoxy) is 1. The molecule has 104 valence electrons. The van der Waals surface area contributed by atoms with Gasteiger partial charge in [-0.3, -0.25) is 4.90 Å². The van der Waals surface area contributed by atoms with Gasteiger partial charge in [-0.25, -0.2) is 9.18 Å². The second-order valence-corrected chi connectivity index (χ2v) is 5.52. The van der Waals surface area contributed by atoms with Gasteiger partial charge in [-0.05, 0) is 25.1 Å². The smallest absolute Gasteiger partial charge is 0.328 e. The fourth-order valence-electron chi connectivity index (χ4n) is 2.30. The molecule has 1 fully saturated rings. The van der Waals surface area contributed by atoms with Crippen molar-refractivity contribution in [1.82, 2.24) is 4.90 Å². The summed E-state index contributed by atoms with van der Waals surface area (Å²) in [6.07, 6.45) is 0. The van der Waals surface area contributed by atoms with E-state index in [0.717, 1.165) is 0 Å². The maximum absolute atomic E-state index is 14.0. The standard InChI is InChI=1S/C13H15BrFNO3/c1-13(12(17)18,16-4-6-19-7-5-16)10-8-9(14)2-3-11(10)15/h2-3,8H,4-7H2,1H3,(H,17,18). The van der Waals surface area contributed by atoms with Crippen LogP contribution in [0.15, 0.2) is 22.7 Å². The molecule has 0 amide bonds. The SMILES string of the molecule is CC(C(=O)O)(c1cc(Br)ccc1F)N1CCOCC1. The molecular weight excluding hydrogens is 317 g/mol. The second-order valence-electron chi connectivity index (χ2n) is 4.60. The molecular formula is C13H15BrFNO3. The van der Waals surface area contributed by atoms with E-state index in [4.69, 9.17) is 4.74 Å². The van der Waals surface area contributed by atoms with Crippen LogP contribution in [-0.2, 0) is 15.1 Å². The summed E-state index contributed by atoms with van der Waals surface area (Å²) in [6, 6.07) is 4.36. The maximum atomic E-state index is 14.0. The van der Waals surface area contributed by atoms with Gasteiger partial charge in [0.15, 0.2) is 0 Å². The minimum atomic E-state index is -1.39. The average molecular weight is 332 g/mol. The summed E-state index contributed by atoms with van der Waals surface area (Å²) in [6.45, 7) is 3.38. The number of aliphatic carboxylic acids is 1. The molecule has 1 aliphatic heterocycles. The number of benzene rings is 1. The third-order valence-corrected chi connectivity index (χ3v) is 4.01. The van der Waals surface area contributed by atoms with Gasteiger partial charge in [0.2, 0.25) is 0 Å². The molecule has 0 spiro atoms. The molecule has 0 aliphatic carbocycles. The van der Waals surface area contributed by atoms with E-state index in [1.165, 1.54) is 19.1 Å². The molecule has 4 nitrogen and oxygen atoms in total. The molecule has 1 aromatic rings. The molecule has 1 aromatic carbocycles. The van der Waals surface area contributed by atoms with Crippen molar-refractivity contribution in [3.63, 3.8) is 0 Å². The van der Waals surface area contributed by atoms with Crippen molar-refractivity contribution < 1.29 is 19.0 Å². The summed E-state index contributed by atoms with van der Waals surface area (Å²) in [5.74, 6) is -1.58. The first kappa shape index (κ1) is 14.4. The number of hydrogen-bond acceptors (Lipinski definition) is 3. The van der Waals surface area contributed by atoms with Gasteiger partial charge in [0.1, 0.15) is 11.4 Å². The minimum Gasteiger partial charge on any atom is -0.480 e. The van der Waals surface area contributed by atoms with E-state index in [2.05, 4.69) is 15.9 Å². The van der Waals surface area contributed by atoms with Crippen molar-refractivity contribution >= 4 is 21.9 Å². The zero-order valence-corrected chi connectivity index (χ0v) is 12.1. The number of hydrogen-bond donors (Lipinski definition) is 1. The summed E-state index contributed by atoms with van der Waals surface area (Å²) >= 11 is 3.26. The van der Waals surface area contributed by atoms with E-state index < -0.39 is 17.3 Å². The van der Waals surface area contributed by atoms with Crippen LogP contribution in [0, 0.1) is 5.82 Å². The maximum Gasteiger partial charge on any atom is 0.328 e. The fraction of sp³-hybridized carbons (Fsp3) is 0.462. The van der Waals surface area contributed by atoms with E-state index in [1.54, 1.807) is 11.0 Å². The van der Waals surface area contributed by atoms with Crippen LogP contribution < -0.4 is 0 Å². The molecule has 0 saturated carbocycles. The molecule has 1 N–H and O–H groups in total. The van der Waals surface area contributed by atoms with Crippen LogP contribution in [0.2, 0.25) is 0 Å². The first-order chi connectivity index (χ1) is 8.96. The summed E-state index contributed by atoms with van der Waals surface area (Å²) < 4.78 is 19.9. The molecule has 0 radical (unpaired) electrons. The largest absolute Gasteiger partial charge is 0.480 e. The highest BCUT2D eigenvalue weighted by atomic mass is 79.9. The lowest BCUT2D eigenvalue weighted by molar-refractivity contribution is -0.154. The van der Waals surface area contributed by atoms with Crippen LogP contribution in [0.3, 0.4) is 0 Å². The van der Waals surface area contributed by atoms with Gasteiger partial charge in [-0.2, -0.15) is 0 Å². The van der Waals surface area contributed by atoms with E-state index >= 15 is 0 Å². The van der Waals surface area contributed by atoms with Crippen molar-refractivity contribution in [3.05, 3.63) is 34.1 Å². The number of carbonyl (C=O) groups is 1. The first-order valence-electron chi connectivity index (χ1n) is 5.98. The molecule has 1 heterocycles. The van der Waals surface area contributed by atoms with Crippen LogP contribution in [0.1, 0.15) is 12.5 Å². The first-order valence-corrected chi connectivity index (χ1v) is 6.77. The lowest BCUT2D eigenvalue weighted by Gasteiger charge is -2.40. The summed E-state index contributed by atoms with van der Waals surface area (Å²) in [7, 11) is 0. The Morgan fingerprint density at radius 1 is 1.47 bits per heavy atom. The third kappa shape index (κ3) is 2.66. The van der Waals surface area contributed by atoms with Crippen LogP contribution in [0.5, 0.6) is 0 Å². The van der Waals surface area contributed by atoms with Gasteiger partial charge < -0.3 is 9.84 Å². The monoisotopic (exact) mass is 331 g/mol. The van der Waals surface area contributed by atoms with Gasteiger partial charge in [-0.1, -0.05) is 15.9 Å². The predicted octanol–water partition coefficient (Wildman–Crippen LogP) is 2.22. The van der Waals surface area contributed by atoms with E-state index in [9.17, 15) is 14.3 Å². The molecule has 0 bridgehead atoms. The normalized spacial score (nSPS) is 19.9. The molecule has 6 heteroatoms. The number of carboxylic acids is 1. The van der Waals surface area contributed by atoms with Crippen molar-refractivity contribution in [2.24, 2.45) is 0 Å². The van der Waals surface area contributed by atoms with E-state index in [0.29, 0.717) is 30.8 Å². The summed E-state index contributed by atoms with van der Waals surface area (Å²) in [4.78, 5) is 13.5. The van der Waals surface area contributed by atoms with Crippen LogP contribution in [0.25, 0.3) is 0 Å². The molecule has 1 unspecified atom stereocenters. The molecule has 1 aliphatic rings. The van der Waals surface area contributed by atoms with Crippen molar-refractivity contribution in [2.75, 3.05) is 26.3 Å². The number of morpholine rings is 1. The molecule has 2 rings (SSSR count). The van der Waals surface area contributed by atoms with E-state index in [1.807, 2.05) is 0 Å². The second kappa shape index (κ2) is 5.56. The Hall–Kier alpha value is -0.980. The highest BCUT2D eigenvalue weighted by Gasteiger charge is 2.43. The Labute approximate surface area is 119 Å². The van der Waals surface area contributed by atoms with Gasteiger partial charge in [0.05, 0.1) is 13.2 Å². The number of halogens is 2. The van der Waals surface area contributed by atoms with Gasteiger partial charge in [0.25, 0.3) is 0 Å². The lowest BCUT2D eigenvalue weighted by atomic mass is 9.89. The Kier molecular flexibility index (Phi) is 4.23. The highest BCUT2D eigenvalue weighted by molar-refractivity contribution is 9.10. The fourth-order valence-corrected chi connectivity index (χ4v) is 2.66. The number of nitrogens with zero attached hydrogens (tertiary/aromatic N) is 1. The molecule has 0 aromatic heterocycles. The summed E-state index contributed by atoms with van der Waals surface area (Å²) in [5.41, 5.74) is -1.23. The molecule has 19 heavy (non-hydrogen) atoms. The number of carboxylic acid groups (broad SMARTS) is 1. The van der Waals surface area contributed by atoms with Crippen molar-refractivity contribution in [1.29, 1.82) is 0 Å². The van der Waals surface area contributed by atoms with Crippen molar-refractivity contribution in [2.45, 2.75) is 12.5 Å². The topological polar surface area (TPSA) is 49.8 Å². The van der Waals surface area contributed by atoms with Gasteiger partial charge in [0, 0.05) is 23.1 Å². The summed E-state index contributed by atoms with van der Waals surface area (Å²) in [5, 5.41) is 9.59. The quantitative estimate of drug-likeness (QED) is 0.922. The Morgan fingerprint density at radius 2 is 2.11 bits per heavy atom. The zero-order valence-electron chi connectivity index (χ0n) is 10.5. The minimum absolute atomic E-state index is 0.163. The Morgan fingerprint density at radius 3 is 2.68 bits per heavy atom. The van der Waals surface area contributed by atoms with Gasteiger partial charge in [-0.15, -0.1) is 0 Å². The van der Waals surface area contributed by atoms with Crippen LogP contribution >= 0.6 is 15.9 Å². The third-order valence-electron chi connectivity index (χ3n) is 3.51. The van der Waals surface area contributed by atoms with E-state index in [-0.39, 0.29) is 5.56 Å². The zero-order chi connectivity index (χ0) is 14.0.